The summed E-state index contributed by atoms with van der Waals surface area (Å²) in [5.74, 6) is -2.16. The first-order chi connectivity index (χ1) is 14.6. The van der Waals surface area contributed by atoms with Gasteiger partial charge in [-0.3, -0.25) is 5.32 Å². The maximum absolute atomic E-state index is 13.2. The predicted octanol–water partition coefficient (Wildman–Crippen LogP) is 3.27. The van der Waals surface area contributed by atoms with Gasteiger partial charge in [0.1, 0.15) is 12.4 Å². The second-order valence-corrected chi connectivity index (χ2v) is 8.65. The summed E-state index contributed by atoms with van der Waals surface area (Å²) in [6.45, 7) is 1.81. The minimum atomic E-state index is -5.18. The summed E-state index contributed by atoms with van der Waals surface area (Å²) >= 11 is 0. The molecule has 11 heteroatoms. The van der Waals surface area contributed by atoms with E-state index >= 15 is 0 Å². The number of carbonyl (C=O) groups is 1. The number of hydrogen-bond donors (Lipinski definition) is 1. The van der Waals surface area contributed by atoms with E-state index in [0.29, 0.717) is 11.1 Å². The highest BCUT2D eigenvalue weighted by molar-refractivity contribution is 7.90. The lowest BCUT2D eigenvalue weighted by atomic mass is 10.1. The molecule has 0 radical (unpaired) electrons. The molecule has 1 unspecified atom stereocenters. The molecule has 2 heterocycles. The third-order valence-electron chi connectivity index (χ3n) is 4.81. The van der Waals surface area contributed by atoms with Crippen LogP contribution in [0, 0.1) is 6.92 Å². The molecule has 7 nitrogen and oxygen atoms in total. The number of nitrogens with one attached hydrogen (secondary N) is 1. The first-order valence-electron chi connectivity index (χ1n) is 9.20. The number of benzene rings is 2. The normalized spacial score (nSPS) is 17.0. The Labute approximate surface area is 175 Å². The summed E-state index contributed by atoms with van der Waals surface area (Å²) in [4.78, 5) is 11.5. The van der Waals surface area contributed by atoms with Gasteiger partial charge in [-0.2, -0.15) is 13.2 Å². The number of alkyl halides is 3. The molecule has 1 atom stereocenters. The number of aromatic nitrogens is 1. The largest absolute Gasteiger partial charge is 0.492 e. The Hall–Kier alpha value is -3.05. The zero-order valence-corrected chi connectivity index (χ0v) is 17.0. The molecule has 31 heavy (non-hydrogen) atoms. The zero-order chi connectivity index (χ0) is 22.4. The van der Waals surface area contributed by atoms with Crippen LogP contribution in [0.4, 0.5) is 13.2 Å². The lowest BCUT2D eigenvalue weighted by Gasteiger charge is -2.20. The van der Waals surface area contributed by atoms with E-state index < -0.39 is 28.4 Å². The van der Waals surface area contributed by atoms with Crippen molar-refractivity contribution in [2.24, 2.45) is 0 Å². The molecule has 0 fully saturated rings. The molecule has 0 spiro atoms. The van der Waals surface area contributed by atoms with Crippen molar-refractivity contribution >= 4 is 26.9 Å². The second-order valence-electron chi connectivity index (χ2n) is 6.86. The van der Waals surface area contributed by atoms with Crippen molar-refractivity contribution in [2.75, 3.05) is 13.2 Å². The highest BCUT2D eigenvalue weighted by Crippen LogP contribution is 2.38. The van der Waals surface area contributed by atoms with Crippen molar-refractivity contribution < 1.29 is 35.9 Å². The quantitative estimate of drug-likeness (QED) is 0.612. The third-order valence-corrected chi connectivity index (χ3v) is 6.64. The minimum Gasteiger partial charge on any atom is -0.492 e. The fraction of sp³-hybridized carbons (Fsp3) is 0.250. The summed E-state index contributed by atoms with van der Waals surface area (Å²) < 4.78 is 76.2. The number of aryl methyl sites for hydroxylation is 1. The van der Waals surface area contributed by atoms with E-state index in [1.165, 1.54) is 30.3 Å². The van der Waals surface area contributed by atoms with E-state index in [2.05, 4.69) is 10.1 Å². The molecule has 164 valence electrons. The monoisotopic (exact) mass is 454 g/mol. The van der Waals surface area contributed by atoms with Gasteiger partial charge in [-0.1, -0.05) is 18.2 Å². The third kappa shape index (κ3) is 3.74. The highest BCUT2D eigenvalue weighted by atomic mass is 32.2. The van der Waals surface area contributed by atoms with Crippen LogP contribution in [0.25, 0.3) is 10.9 Å². The number of fused-ring (bicyclic) bond motifs is 3. The van der Waals surface area contributed by atoms with Crippen molar-refractivity contribution in [2.45, 2.75) is 24.2 Å². The zero-order valence-electron chi connectivity index (χ0n) is 16.1. The molecule has 0 amide bonds. The molecule has 2 aromatic carbocycles. The first-order valence-corrected chi connectivity index (χ1v) is 10.6. The summed E-state index contributed by atoms with van der Waals surface area (Å²) in [5, 5.41) is 3.00. The van der Waals surface area contributed by atoms with Gasteiger partial charge in [0, 0.05) is 17.6 Å². The van der Waals surface area contributed by atoms with Gasteiger partial charge in [0.2, 0.25) is 0 Å². The number of hydrogen-bond acceptors (Lipinski definition) is 6. The van der Waals surface area contributed by atoms with E-state index in [9.17, 15) is 26.4 Å². The van der Waals surface area contributed by atoms with E-state index in [1.807, 2.05) is 0 Å². The Morgan fingerprint density at radius 1 is 1.19 bits per heavy atom. The van der Waals surface area contributed by atoms with Crippen LogP contribution in [0.2, 0.25) is 0 Å². The van der Waals surface area contributed by atoms with Gasteiger partial charge in [0.05, 0.1) is 16.0 Å². The van der Waals surface area contributed by atoms with Crippen LogP contribution in [0.5, 0.6) is 5.75 Å². The van der Waals surface area contributed by atoms with Crippen LogP contribution in [-0.4, -0.2) is 37.7 Å². The van der Waals surface area contributed by atoms with E-state index in [-0.39, 0.29) is 34.9 Å². The fourth-order valence-corrected chi connectivity index (χ4v) is 5.09. The molecular weight excluding hydrogens is 437 g/mol. The number of carbonyl (C=O) groups excluding carboxylic acids is 1. The minimum absolute atomic E-state index is 0.0555. The van der Waals surface area contributed by atoms with Crippen LogP contribution in [0.15, 0.2) is 53.4 Å². The van der Waals surface area contributed by atoms with E-state index in [0.717, 1.165) is 3.97 Å². The molecule has 0 saturated heterocycles. The van der Waals surface area contributed by atoms with Gasteiger partial charge in [-0.05, 0) is 37.3 Å². The average molecular weight is 454 g/mol. The molecule has 4 rings (SSSR count). The lowest BCUT2D eigenvalue weighted by molar-refractivity contribution is -0.206. The average Bonchev–Trinajstić information content (AvgIpc) is 2.92. The van der Waals surface area contributed by atoms with Crippen molar-refractivity contribution in [1.82, 2.24) is 9.29 Å². The van der Waals surface area contributed by atoms with E-state index in [1.54, 1.807) is 25.1 Å². The van der Waals surface area contributed by atoms with Gasteiger partial charge in [0.25, 0.3) is 10.0 Å². The Balaban J connectivity index is 1.90. The Kier molecular flexibility index (Phi) is 5.18. The molecule has 1 aromatic heterocycles. The van der Waals surface area contributed by atoms with Crippen LogP contribution in [-0.2, 0) is 19.6 Å². The second kappa shape index (κ2) is 7.57. The number of rotatable bonds is 3. The van der Waals surface area contributed by atoms with Crippen LogP contribution >= 0.6 is 0 Å². The lowest BCUT2D eigenvalue weighted by Crippen LogP contribution is -2.33. The van der Waals surface area contributed by atoms with E-state index in [4.69, 9.17) is 4.74 Å². The molecular formula is C20H17F3N2O5S. The Bertz CT molecular complexity index is 1250. The summed E-state index contributed by atoms with van der Waals surface area (Å²) in [5.41, 5.74) is 0.676. The number of esters is 1. The number of ether oxygens (including phenoxy) is 2. The van der Waals surface area contributed by atoms with Crippen LogP contribution in [0.1, 0.15) is 17.5 Å². The van der Waals surface area contributed by atoms with Gasteiger partial charge in [-0.15, -0.1) is 0 Å². The SMILES string of the molecule is Cc1cc2c3c(ccc2n1S(=O)(=O)c1ccccc1)OCCNC3OC(=O)C(F)(F)F. The van der Waals surface area contributed by atoms with Gasteiger partial charge in [0.15, 0.2) is 6.23 Å². The summed E-state index contributed by atoms with van der Waals surface area (Å²) in [6.07, 6.45) is -6.65. The van der Waals surface area contributed by atoms with Gasteiger partial charge < -0.3 is 9.47 Å². The van der Waals surface area contributed by atoms with Crippen molar-refractivity contribution in [3.05, 3.63) is 59.8 Å². The topological polar surface area (TPSA) is 86.6 Å². The number of halogens is 3. The predicted molar refractivity (Wildman–Crippen MR) is 104 cm³/mol. The maximum Gasteiger partial charge on any atom is 0.490 e. The molecule has 3 aromatic rings. The smallest absolute Gasteiger partial charge is 0.490 e. The standard InChI is InChI=1S/C20H17F3N2O5S/c1-12-11-14-15(25(12)31(27,28)13-5-3-2-4-6-13)7-8-16-17(14)18(24-9-10-29-16)30-19(26)20(21,22)23/h2-8,11,18,24H,9-10H2,1H3. The van der Waals surface area contributed by atoms with Crippen LogP contribution < -0.4 is 10.1 Å². The fourth-order valence-electron chi connectivity index (χ4n) is 3.53. The summed E-state index contributed by atoms with van der Waals surface area (Å²) in [7, 11) is -3.98. The maximum atomic E-state index is 13.2. The van der Waals surface area contributed by atoms with Gasteiger partial charge in [-0.25, -0.2) is 17.2 Å². The molecule has 0 aliphatic carbocycles. The molecule has 0 bridgehead atoms. The Morgan fingerprint density at radius 3 is 2.58 bits per heavy atom. The van der Waals surface area contributed by atoms with Gasteiger partial charge >= 0.3 is 12.1 Å². The molecule has 0 saturated carbocycles. The van der Waals surface area contributed by atoms with Crippen molar-refractivity contribution in [3.8, 4) is 5.75 Å². The summed E-state index contributed by atoms with van der Waals surface area (Å²) in [6, 6.07) is 12.2. The number of nitrogens with zero attached hydrogens (tertiary/aromatic N) is 1. The highest BCUT2D eigenvalue weighted by Gasteiger charge is 2.43. The van der Waals surface area contributed by atoms with Crippen molar-refractivity contribution in [1.29, 1.82) is 0 Å². The molecule has 1 N–H and O–H groups in total. The first kappa shape index (κ1) is 21.2. The van der Waals surface area contributed by atoms with Crippen LogP contribution in [0.3, 0.4) is 0 Å². The van der Waals surface area contributed by atoms with Crippen molar-refractivity contribution in [3.63, 3.8) is 0 Å². The molecule has 1 aliphatic heterocycles. The Morgan fingerprint density at radius 2 is 1.90 bits per heavy atom. The molecule has 1 aliphatic rings.